The van der Waals surface area contributed by atoms with Crippen LogP contribution in [0.15, 0.2) is 36.4 Å². The summed E-state index contributed by atoms with van der Waals surface area (Å²) in [5.41, 5.74) is 1.55. The lowest BCUT2D eigenvalue weighted by atomic mass is 10.1. The van der Waals surface area contributed by atoms with Crippen molar-refractivity contribution in [1.82, 2.24) is 4.98 Å². The Labute approximate surface area is 115 Å². The van der Waals surface area contributed by atoms with Gasteiger partial charge in [0.25, 0.3) is 0 Å². The van der Waals surface area contributed by atoms with Gasteiger partial charge in [-0.15, -0.1) is 0 Å². The van der Waals surface area contributed by atoms with Gasteiger partial charge in [0.2, 0.25) is 0 Å². The summed E-state index contributed by atoms with van der Waals surface area (Å²) in [7, 11) is 3.23. The van der Waals surface area contributed by atoms with Gasteiger partial charge < -0.3 is 9.47 Å². The van der Waals surface area contributed by atoms with Crippen molar-refractivity contribution in [2.24, 2.45) is 0 Å². The van der Waals surface area contributed by atoms with Gasteiger partial charge in [-0.2, -0.15) is 0 Å². The van der Waals surface area contributed by atoms with Crippen LogP contribution in [-0.2, 0) is 0 Å². The summed E-state index contributed by atoms with van der Waals surface area (Å²) in [6.07, 6.45) is 0. The maximum Gasteiger partial charge on any atom is 0.145 e. The summed E-state index contributed by atoms with van der Waals surface area (Å²) in [5.74, 6) is 1.38. The van der Waals surface area contributed by atoms with Gasteiger partial charge in [0.1, 0.15) is 17.0 Å². The monoisotopic (exact) mass is 273 g/mol. The molecule has 0 N–H and O–H groups in total. The molecular formula is C15H12ClNO2. The fraction of sp³-hybridized carbons (Fsp3) is 0.133. The van der Waals surface area contributed by atoms with Gasteiger partial charge in [-0.1, -0.05) is 29.8 Å². The molecule has 0 aliphatic rings. The van der Waals surface area contributed by atoms with E-state index < -0.39 is 0 Å². The molecule has 3 rings (SSSR count). The number of methoxy groups -OCH3 is 2. The fourth-order valence-corrected chi connectivity index (χ4v) is 2.57. The Bertz CT molecular complexity index is 771. The number of fused-ring (bicyclic) bond motifs is 2. The number of rotatable bonds is 2. The summed E-state index contributed by atoms with van der Waals surface area (Å²) >= 11 is 6.51. The SMILES string of the molecule is COc1ccc(OC)c2c(Cl)c3ccccc3nc12. The van der Waals surface area contributed by atoms with Crippen molar-refractivity contribution in [2.75, 3.05) is 14.2 Å². The fourth-order valence-electron chi connectivity index (χ4n) is 2.22. The van der Waals surface area contributed by atoms with Crippen molar-refractivity contribution in [2.45, 2.75) is 0 Å². The molecule has 1 aromatic heterocycles. The molecule has 2 aromatic carbocycles. The summed E-state index contributed by atoms with van der Waals surface area (Å²) in [4.78, 5) is 4.63. The summed E-state index contributed by atoms with van der Waals surface area (Å²) in [6.45, 7) is 0. The number of hydrogen-bond donors (Lipinski definition) is 0. The summed E-state index contributed by atoms with van der Waals surface area (Å²) < 4.78 is 10.7. The number of pyridine rings is 1. The molecule has 19 heavy (non-hydrogen) atoms. The highest BCUT2D eigenvalue weighted by molar-refractivity contribution is 6.41. The molecule has 0 fully saturated rings. The van der Waals surface area contributed by atoms with E-state index in [0.717, 1.165) is 16.3 Å². The van der Waals surface area contributed by atoms with Crippen molar-refractivity contribution in [3.63, 3.8) is 0 Å². The number of halogens is 1. The van der Waals surface area contributed by atoms with Crippen molar-refractivity contribution >= 4 is 33.4 Å². The minimum Gasteiger partial charge on any atom is -0.496 e. The molecule has 0 saturated heterocycles. The molecule has 0 saturated carbocycles. The quantitative estimate of drug-likeness (QED) is 0.660. The molecular weight excluding hydrogens is 262 g/mol. The number of aromatic nitrogens is 1. The van der Waals surface area contributed by atoms with Crippen LogP contribution in [0.5, 0.6) is 11.5 Å². The Morgan fingerprint density at radius 2 is 1.63 bits per heavy atom. The van der Waals surface area contributed by atoms with Crippen LogP contribution < -0.4 is 9.47 Å². The predicted molar refractivity (Wildman–Crippen MR) is 77.4 cm³/mol. The molecule has 0 atom stereocenters. The number of nitrogens with zero attached hydrogens (tertiary/aromatic N) is 1. The molecule has 4 heteroatoms. The zero-order valence-electron chi connectivity index (χ0n) is 10.6. The topological polar surface area (TPSA) is 31.4 Å². The van der Waals surface area contributed by atoms with Crippen molar-refractivity contribution in [3.8, 4) is 11.5 Å². The van der Waals surface area contributed by atoms with Gasteiger partial charge >= 0.3 is 0 Å². The van der Waals surface area contributed by atoms with Crippen LogP contribution in [-0.4, -0.2) is 19.2 Å². The number of para-hydroxylation sites is 1. The minimum atomic E-state index is 0.636. The first-order valence-corrected chi connectivity index (χ1v) is 6.23. The molecule has 96 valence electrons. The van der Waals surface area contributed by atoms with E-state index in [9.17, 15) is 0 Å². The second-order valence-corrected chi connectivity index (χ2v) is 4.51. The minimum absolute atomic E-state index is 0.636. The van der Waals surface area contributed by atoms with E-state index in [1.54, 1.807) is 14.2 Å². The van der Waals surface area contributed by atoms with E-state index in [1.807, 2.05) is 36.4 Å². The molecule has 0 amide bonds. The maximum absolute atomic E-state index is 6.51. The standard InChI is InChI=1S/C15H12ClNO2/c1-18-11-7-8-12(19-2)15-13(11)14(16)9-5-3-4-6-10(9)17-15/h3-8H,1-2H3. The zero-order chi connectivity index (χ0) is 13.4. The molecule has 1 heterocycles. The molecule has 0 radical (unpaired) electrons. The first-order chi connectivity index (χ1) is 9.26. The van der Waals surface area contributed by atoms with Crippen molar-refractivity contribution in [3.05, 3.63) is 41.4 Å². The summed E-state index contributed by atoms with van der Waals surface area (Å²) in [5, 5.41) is 2.32. The Kier molecular flexibility index (Phi) is 2.91. The molecule has 0 aliphatic carbocycles. The van der Waals surface area contributed by atoms with E-state index in [1.165, 1.54) is 0 Å². The smallest absolute Gasteiger partial charge is 0.145 e. The van der Waals surface area contributed by atoms with Crippen LogP contribution in [0.4, 0.5) is 0 Å². The van der Waals surface area contributed by atoms with Crippen LogP contribution in [0.1, 0.15) is 0 Å². The van der Waals surface area contributed by atoms with Crippen molar-refractivity contribution < 1.29 is 9.47 Å². The lowest BCUT2D eigenvalue weighted by Gasteiger charge is -2.12. The number of benzene rings is 2. The first kappa shape index (κ1) is 12.1. The number of ether oxygens (including phenoxy) is 2. The van der Waals surface area contributed by atoms with Crippen molar-refractivity contribution in [1.29, 1.82) is 0 Å². The maximum atomic E-state index is 6.51. The predicted octanol–water partition coefficient (Wildman–Crippen LogP) is 4.06. The van der Waals surface area contributed by atoms with Crippen LogP contribution in [0.3, 0.4) is 0 Å². The van der Waals surface area contributed by atoms with E-state index in [4.69, 9.17) is 21.1 Å². The van der Waals surface area contributed by atoms with Gasteiger partial charge in [0.15, 0.2) is 0 Å². The second-order valence-electron chi connectivity index (χ2n) is 4.14. The zero-order valence-corrected chi connectivity index (χ0v) is 11.4. The lowest BCUT2D eigenvalue weighted by molar-refractivity contribution is 0.410. The van der Waals surface area contributed by atoms with Gasteiger partial charge in [-0.3, -0.25) is 0 Å². The van der Waals surface area contributed by atoms with E-state index in [2.05, 4.69) is 4.98 Å². The Morgan fingerprint density at radius 3 is 2.37 bits per heavy atom. The third kappa shape index (κ3) is 1.78. The van der Waals surface area contributed by atoms with Gasteiger partial charge in [-0.25, -0.2) is 4.98 Å². The molecule has 0 aliphatic heterocycles. The second kappa shape index (κ2) is 4.59. The average Bonchev–Trinajstić information content (AvgIpc) is 2.46. The van der Waals surface area contributed by atoms with Gasteiger partial charge in [-0.05, 0) is 18.2 Å². The Hall–Kier alpha value is -2.00. The highest BCUT2D eigenvalue weighted by Gasteiger charge is 2.15. The lowest BCUT2D eigenvalue weighted by Crippen LogP contribution is -1.93. The molecule has 0 bridgehead atoms. The molecule has 0 unspecified atom stereocenters. The number of hydrogen-bond acceptors (Lipinski definition) is 3. The normalized spacial score (nSPS) is 10.9. The first-order valence-electron chi connectivity index (χ1n) is 5.85. The largest absolute Gasteiger partial charge is 0.496 e. The van der Waals surface area contributed by atoms with E-state index in [-0.39, 0.29) is 0 Å². The third-order valence-electron chi connectivity index (χ3n) is 3.13. The van der Waals surface area contributed by atoms with Crippen LogP contribution >= 0.6 is 11.6 Å². The highest BCUT2D eigenvalue weighted by atomic mass is 35.5. The highest BCUT2D eigenvalue weighted by Crippen LogP contribution is 2.39. The van der Waals surface area contributed by atoms with Gasteiger partial charge in [0.05, 0.1) is 30.1 Å². The Balaban J connectivity index is 2.55. The Morgan fingerprint density at radius 1 is 0.947 bits per heavy atom. The van der Waals surface area contributed by atoms with Crippen LogP contribution in [0.2, 0.25) is 5.02 Å². The van der Waals surface area contributed by atoms with Crippen LogP contribution in [0, 0.1) is 0 Å². The molecule has 3 aromatic rings. The van der Waals surface area contributed by atoms with Gasteiger partial charge in [0, 0.05) is 5.39 Å². The van der Waals surface area contributed by atoms with E-state index >= 15 is 0 Å². The van der Waals surface area contributed by atoms with Crippen LogP contribution in [0.25, 0.3) is 21.8 Å². The average molecular weight is 274 g/mol. The third-order valence-corrected chi connectivity index (χ3v) is 3.53. The van der Waals surface area contributed by atoms with E-state index in [0.29, 0.717) is 22.0 Å². The summed E-state index contributed by atoms with van der Waals surface area (Å²) in [6, 6.07) is 11.4. The molecule has 0 spiro atoms. The molecule has 3 nitrogen and oxygen atoms in total.